The fourth-order valence-electron chi connectivity index (χ4n) is 2.71. The van der Waals surface area contributed by atoms with Crippen LogP contribution in [0.15, 0.2) is 52.6 Å². The van der Waals surface area contributed by atoms with Gasteiger partial charge in [0.15, 0.2) is 0 Å². The summed E-state index contributed by atoms with van der Waals surface area (Å²) in [5.74, 6) is 0.0778. The van der Waals surface area contributed by atoms with E-state index in [1.54, 1.807) is 23.3 Å². The summed E-state index contributed by atoms with van der Waals surface area (Å²) in [4.78, 5) is 14.1. The molecular formula is C17H18ClN3O3S. The molecule has 6 nitrogen and oxygen atoms in total. The number of rotatable bonds is 4. The van der Waals surface area contributed by atoms with Crippen LogP contribution in [0.25, 0.3) is 0 Å². The summed E-state index contributed by atoms with van der Waals surface area (Å²) in [6, 6.07) is 7.46. The quantitative estimate of drug-likeness (QED) is 0.866. The fourth-order valence-corrected chi connectivity index (χ4v) is 3.89. The third-order valence-corrected chi connectivity index (χ3v) is 5.29. The van der Waals surface area contributed by atoms with Crippen molar-refractivity contribution >= 4 is 33.4 Å². The molecule has 0 radical (unpaired) electrons. The van der Waals surface area contributed by atoms with Crippen LogP contribution in [-0.2, 0) is 21.2 Å². The summed E-state index contributed by atoms with van der Waals surface area (Å²) < 4.78 is 26.7. The Morgan fingerprint density at radius 1 is 1.40 bits per heavy atom. The highest BCUT2D eigenvalue weighted by molar-refractivity contribution is 7.90. The fraction of sp³-hybridized carbons (Fsp3) is 0.294. The second-order valence-corrected chi connectivity index (χ2v) is 8.25. The van der Waals surface area contributed by atoms with Crippen LogP contribution in [0.4, 0.5) is 0 Å². The number of amidine groups is 1. The van der Waals surface area contributed by atoms with E-state index in [2.05, 4.69) is 9.71 Å². The van der Waals surface area contributed by atoms with E-state index in [0.717, 1.165) is 5.56 Å². The van der Waals surface area contributed by atoms with Crippen molar-refractivity contribution in [1.29, 1.82) is 0 Å². The molecule has 8 heteroatoms. The summed E-state index contributed by atoms with van der Waals surface area (Å²) in [5, 5.41) is 3.61. The molecule has 2 aliphatic heterocycles. The Morgan fingerprint density at radius 3 is 2.96 bits per heavy atom. The minimum atomic E-state index is -3.39. The molecule has 1 atom stereocenters. The average Bonchev–Trinajstić information content (AvgIpc) is 2.53. The maximum absolute atomic E-state index is 12.4. The van der Waals surface area contributed by atoms with Crippen molar-refractivity contribution in [2.45, 2.75) is 19.4 Å². The van der Waals surface area contributed by atoms with Crippen LogP contribution in [0.1, 0.15) is 12.5 Å². The van der Waals surface area contributed by atoms with Crippen LogP contribution < -0.4 is 5.32 Å². The average molecular weight is 380 g/mol. The molecule has 1 N–H and O–H groups in total. The molecule has 0 spiro atoms. The van der Waals surface area contributed by atoms with Crippen LogP contribution in [0.2, 0.25) is 5.02 Å². The molecule has 1 amide bonds. The van der Waals surface area contributed by atoms with Crippen LogP contribution >= 0.6 is 11.6 Å². The van der Waals surface area contributed by atoms with Crippen molar-refractivity contribution in [1.82, 2.24) is 10.2 Å². The zero-order valence-electron chi connectivity index (χ0n) is 13.6. The minimum absolute atomic E-state index is 0.0547. The smallest absolute Gasteiger partial charge is 0.256 e. The molecule has 0 aromatic heterocycles. The Hall–Kier alpha value is -2.12. The lowest BCUT2D eigenvalue weighted by molar-refractivity contribution is -0.117. The third-order valence-electron chi connectivity index (χ3n) is 3.89. The Kier molecular flexibility index (Phi) is 4.96. The maximum atomic E-state index is 12.4. The van der Waals surface area contributed by atoms with Crippen LogP contribution in [0.3, 0.4) is 0 Å². The molecule has 25 heavy (non-hydrogen) atoms. The van der Waals surface area contributed by atoms with Crippen LogP contribution in [-0.4, -0.2) is 43.4 Å². The number of fused-ring (bicyclic) bond motifs is 1. The van der Waals surface area contributed by atoms with E-state index in [0.29, 0.717) is 29.4 Å². The van der Waals surface area contributed by atoms with Crippen LogP contribution in [0.5, 0.6) is 0 Å². The highest BCUT2D eigenvalue weighted by Gasteiger charge is 2.25. The SMILES string of the molecule is C[C@H](Cc1cccc(Cl)c1)NC(=O)C1=CN2CCS(=O)(=O)N=C2C=C1. The Labute approximate surface area is 151 Å². The molecule has 0 fully saturated rings. The van der Waals surface area contributed by atoms with E-state index in [4.69, 9.17) is 11.6 Å². The predicted octanol–water partition coefficient (Wildman–Crippen LogP) is 1.88. The number of halogens is 1. The van der Waals surface area contributed by atoms with Gasteiger partial charge in [-0.25, -0.2) is 8.42 Å². The summed E-state index contributed by atoms with van der Waals surface area (Å²) in [5.41, 5.74) is 1.51. The van der Waals surface area contributed by atoms with Gasteiger partial charge in [0.25, 0.3) is 15.9 Å². The van der Waals surface area contributed by atoms with E-state index in [9.17, 15) is 13.2 Å². The Bertz CT molecular complexity index is 890. The van der Waals surface area contributed by atoms with Gasteiger partial charge in [-0.3, -0.25) is 4.79 Å². The van der Waals surface area contributed by atoms with Gasteiger partial charge in [-0.05, 0) is 43.2 Å². The largest absolute Gasteiger partial charge is 0.349 e. The first-order valence-electron chi connectivity index (χ1n) is 7.87. The predicted molar refractivity (Wildman–Crippen MR) is 97.9 cm³/mol. The summed E-state index contributed by atoms with van der Waals surface area (Å²) in [6.45, 7) is 2.21. The molecule has 1 aromatic carbocycles. The number of carbonyl (C=O) groups excluding carboxylic acids is 1. The topological polar surface area (TPSA) is 78.8 Å². The Balaban J connectivity index is 1.64. The third kappa shape index (κ3) is 4.49. The molecule has 2 aliphatic rings. The number of hydrogen-bond acceptors (Lipinski definition) is 4. The number of carbonyl (C=O) groups is 1. The Morgan fingerprint density at radius 2 is 2.20 bits per heavy atom. The van der Waals surface area contributed by atoms with Crippen molar-refractivity contribution in [2.24, 2.45) is 4.40 Å². The van der Waals surface area contributed by atoms with Crippen LogP contribution in [0, 0.1) is 0 Å². The lowest BCUT2D eigenvalue weighted by atomic mass is 10.1. The zero-order chi connectivity index (χ0) is 18.0. The molecule has 132 valence electrons. The van der Waals surface area contributed by atoms with Gasteiger partial charge in [0, 0.05) is 23.8 Å². The van der Waals surface area contributed by atoms with Gasteiger partial charge >= 0.3 is 0 Å². The lowest BCUT2D eigenvalue weighted by Crippen LogP contribution is -2.39. The van der Waals surface area contributed by atoms with E-state index >= 15 is 0 Å². The zero-order valence-corrected chi connectivity index (χ0v) is 15.2. The normalized spacial score (nSPS) is 19.5. The first-order valence-corrected chi connectivity index (χ1v) is 9.86. The second-order valence-electron chi connectivity index (χ2n) is 6.06. The first-order chi connectivity index (χ1) is 11.8. The number of amides is 1. The van der Waals surface area contributed by atoms with Gasteiger partial charge < -0.3 is 10.2 Å². The van der Waals surface area contributed by atoms with Gasteiger partial charge in [-0.15, -0.1) is 4.40 Å². The monoisotopic (exact) mass is 379 g/mol. The molecule has 0 bridgehead atoms. The van der Waals surface area contributed by atoms with Crippen molar-refractivity contribution < 1.29 is 13.2 Å². The van der Waals surface area contributed by atoms with E-state index in [1.165, 1.54) is 0 Å². The maximum Gasteiger partial charge on any atom is 0.256 e. The van der Waals surface area contributed by atoms with E-state index < -0.39 is 10.0 Å². The van der Waals surface area contributed by atoms with Crippen molar-refractivity contribution in [2.75, 3.05) is 12.3 Å². The molecule has 2 heterocycles. The molecule has 0 aliphatic carbocycles. The molecular weight excluding hydrogens is 362 g/mol. The highest BCUT2D eigenvalue weighted by Crippen LogP contribution is 2.16. The summed E-state index contributed by atoms with van der Waals surface area (Å²) in [6.07, 6.45) is 5.43. The minimum Gasteiger partial charge on any atom is -0.349 e. The standard InChI is InChI=1S/C17H18ClN3O3S/c1-12(9-13-3-2-4-15(18)10-13)19-17(22)14-5-6-16-20-25(23,24)8-7-21(16)11-14/h2-6,10-12H,7-9H2,1H3,(H,19,22)/t12-/m1/s1. The van der Waals surface area contributed by atoms with Crippen molar-refractivity contribution in [3.63, 3.8) is 0 Å². The number of nitrogens with one attached hydrogen (secondary N) is 1. The second kappa shape index (κ2) is 7.01. The van der Waals surface area contributed by atoms with Crippen molar-refractivity contribution in [3.8, 4) is 0 Å². The number of benzene rings is 1. The molecule has 1 aromatic rings. The van der Waals surface area contributed by atoms with Gasteiger partial charge in [-0.2, -0.15) is 0 Å². The number of nitrogens with zero attached hydrogens (tertiary/aromatic N) is 2. The lowest BCUT2D eigenvalue weighted by Gasteiger charge is -2.27. The van der Waals surface area contributed by atoms with Gasteiger partial charge in [0.2, 0.25) is 0 Å². The van der Waals surface area contributed by atoms with Gasteiger partial charge in [-0.1, -0.05) is 23.7 Å². The first kappa shape index (κ1) is 17.7. The number of sulfonamides is 1. The van der Waals surface area contributed by atoms with Gasteiger partial charge in [0.1, 0.15) is 5.84 Å². The van der Waals surface area contributed by atoms with Gasteiger partial charge in [0.05, 0.1) is 11.3 Å². The molecule has 0 unspecified atom stereocenters. The molecule has 0 saturated heterocycles. The highest BCUT2D eigenvalue weighted by atomic mass is 35.5. The molecule has 3 rings (SSSR count). The van der Waals surface area contributed by atoms with E-state index in [-0.39, 0.29) is 17.7 Å². The summed E-state index contributed by atoms with van der Waals surface area (Å²) >= 11 is 5.98. The van der Waals surface area contributed by atoms with E-state index in [1.807, 2.05) is 31.2 Å². The molecule has 0 saturated carbocycles. The van der Waals surface area contributed by atoms with Crippen molar-refractivity contribution in [3.05, 3.63) is 58.8 Å². The summed E-state index contributed by atoms with van der Waals surface area (Å²) in [7, 11) is -3.39. The number of hydrogen-bond donors (Lipinski definition) is 1.